The first-order chi connectivity index (χ1) is 38.6. The van der Waals surface area contributed by atoms with Crippen molar-refractivity contribution < 1.29 is 8.83 Å². The molecule has 0 saturated heterocycles. The van der Waals surface area contributed by atoms with Crippen LogP contribution in [-0.2, 0) is 0 Å². The van der Waals surface area contributed by atoms with Crippen LogP contribution in [0.25, 0.3) is 110 Å². The van der Waals surface area contributed by atoms with E-state index in [-0.39, 0.29) is 0 Å². The van der Waals surface area contributed by atoms with Crippen LogP contribution in [0.5, 0.6) is 0 Å². The molecule has 4 nitrogen and oxygen atoms in total. The molecule has 0 amide bonds. The maximum absolute atomic E-state index is 6.90. The second-order valence-electron chi connectivity index (χ2n) is 20.1. The molecule has 15 aromatic rings. The molecule has 0 fully saturated rings. The number of furan rings is 2. The quantitative estimate of drug-likeness (QED) is 0.137. The Kier molecular flexibility index (Phi) is 10.8. The molecule has 0 radical (unpaired) electrons. The number of hydrogen-bond acceptors (Lipinski definition) is 4. The molecule has 0 N–H and O–H groups in total. The summed E-state index contributed by atoms with van der Waals surface area (Å²) in [4.78, 5) is 4.69. The molecule has 0 aliphatic carbocycles. The van der Waals surface area contributed by atoms with Gasteiger partial charge in [-0.3, -0.25) is 0 Å². The number of benzene rings is 13. The fourth-order valence-corrected chi connectivity index (χ4v) is 11.5. The molecule has 0 unspecified atom stereocenters. The van der Waals surface area contributed by atoms with E-state index in [1.807, 2.05) is 0 Å². The molecule has 0 aliphatic rings. The van der Waals surface area contributed by atoms with Crippen LogP contribution in [-0.4, -0.2) is 0 Å². The van der Waals surface area contributed by atoms with Crippen LogP contribution in [0.3, 0.4) is 0 Å². The Bertz CT molecular complexity index is 4400. The van der Waals surface area contributed by atoms with E-state index in [0.29, 0.717) is 0 Å². The maximum Gasteiger partial charge on any atom is 0.178 e. The standard InChI is InChI=1S/C74H48N2O2/c1-5-15-49(16-6-1)53-27-33-61(34-28-53)75(63-25-13-23-55(41-63)51-19-9-3-10-20-51)65-37-31-57-45-69-67-39-40-68-70-46-58-32-38-66(44-60(58)48-72(70)78-74(68)73(67)77-71(69)47-59(57)43-65)76(62-35-29-54(30-36-62)50-17-7-2-8-18-50)64-26-14-24-56(42-64)52-21-11-4-12-22-52/h1-48H. The first-order valence-corrected chi connectivity index (χ1v) is 26.5. The number of hydrogen-bond donors (Lipinski definition) is 0. The van der Waals surface area contributed by atoms with Crippen LogP contribution < -0.4 is 9.80 Å². The summed E-state index contributed by atoms with van der Waals surface area (Å²) in [6.45, 7) is 0. The molecule has 0 spiro atoms. The van der Waals surface area contributed by atoms with Gasteiger partial charge in [0.05, 0.1) is 0 Å². The molecular formula is C74H48N2O2. The zero-order chi connectivity index (χ0) is 51.5. The van der Waals surface area contributed by atoms with Gasteiger partial charge < -0.3 is 18.6 Å². The van der Waals surface area contributed by atoms with Gasteiger partial charge in [-0.25, -0.2) is 0 Å². The molecular weight excluding hydrogens is 949 g/mol. The van der Waals surface area contributed by atoms with Crippen LogP contribution in [0.4, 0.5) is 34.1 Å². The molecule has 0 saturated carbocycles. The van der Waals surface area contributed by atoms with Crippen LogP contribution in [0.1, 0.15) is 0 Å². The van der Waals surface area contributed by atoms with E-state index < -0.39 is 0 Å². The average Bonchev–Trinajstić information content (AvgIpc) is 4.18. The van der Waals surface area contributed by atoms with Gasteiger partial charge in [-0.15, -0.1) is 0 Å². The Morgan fingerprint density at radius 3 is 0.897 bits per heavy atom. The lowest BCUT2D eigenvalue weighted by atomic mass is 10.0. The molecule has 13 aromatic carbocycles. The highest BCUT2D eigenvalue weighted by Gasteiger charge is 2.21. The SMILES string of the molecule is c1ccc(-c2ccc(N(c3cccc(-c4ccccc4)c3)c3ccc4cc5c(cc4c3)oc3c5ccc4c5cc6ccc(N(c7ccc(-c8ccccc8)cc7)c7cccc(-c8ccccc8)c7)cc6cc5oc43)cc2)cc1. The summed E-state index contributed by atoms with van der Waals surface area (Å²) >= 11 is 0. The van der Waals surface area contributed by atoms with Crippen LogP contribution in [0.15, 0.2) is 300 Å². The molecule has 0 bridgehead atoms. The molecule has 0 atom stereocenters. The summed E-state index contributed by atoms with van der Waals surface area (Å²) in [7, 11) is 0. The molecule has 2 heterocycles. The number of anilines is 6. The third-order valence-electron chi connectivity index (χ3n) is 15.4. The number of nitrogens with zero attached hydrogens (tertiary/aromatic N) is 2. The van der Waals surface area contributed by atoms with E-state index in [2.05, 4.69) is 301 Å². The molecule has 15 rings (SSSR count). The van der Waals surface area contributed by atoms with E-state index in [4.69, 9.17) is 8.83 Å². The van der Waals surface area contributed by atoms with Crippen LogP contribution in [0.2, 0.25) is 0 Å². The maximum atomic E-state index is 6.90. The topological polar surface area (TPSA) is 32.8 Å². The Balaban J connectivity index is 0.817. The average molecular weight is 997 g/mol. The van der Waals surface area contributed by atoms with Crippen molar-refractivity contribution in [3.8, 4) is 44.5 Å². The van der Waals surface area contributed by atoms with Crippen molar-refractivity contribution in [2.24, 2.45) is 0 Å². The van der Waals surface area contributed by atoms with Crippen molar-refractivity contribution in [3.63, 3.8) is 0 Å². The van der Waals surface area contributed by atoms with E-state index in [1.54, 1.807) is 0 Å². The van der Waals surface area contributed by atoms with Gasteiger partial charge in [0.25, 0.3) is 0 Å². The lowest BCUT2D eigenvalue weighted by Gasteiger charge is -2.26. The Morgan fingerprint density at radius 2 is 0.513 bits per heavy atom. The van der Waals surface area contributed by atoms with Crippen molar-refractivity contribution in [1.82, 2.24) is 0 Å². The summed E-state index contributed by atoms with van der Waals surface area (Å²) in [6.07, 6.45) is 0. The number of fused-ring (bicyclic) bond motifs is 9. The Hall–Kier alpha value is -10.4. The fraction of sp³-hybridized carbons (Fsp3) is 0. The molecule has 2 aromatic heterocycles. The zero-order valence-electron chi connectivity index (χ0n) is 42.4. The van der Waals surface area contributed by atoms with Crippen molar-refractivity contribution in [3.05, 3.63) is 291 Å². The highest BCUT2D eigenvalue weighted by molar-refractivity contribution is 6.21. The summed E-state index contributed by atoms with van der Waals surface area (Å²) in [5.41, 5.74) is 18.9. The van der Waals surface area contributed by atoms with Gasteiger partial charge >= 0.3 is 0 Å². The van der Waals surface area contributed by atoms with E-state index in [0.717, 1.165) is 111 Å². The van der Waals surface area contributed by atoms with Crippen LogP contribution in [0, 0.1) is 0 Å². The Labute approximate surface area is 451 Å². The summed E-state index contributed by atoms with van der Waals surface area (Å²) in [5, 5.41) is 8.59. The largest absolute Gasteiger partial charge is 0.452 e. The molecule has 366 valence electrons. The minimum atomic E-state index is 0.750. The normalized spacial score (nSPS) is 11.6. The van der Waals surface area contributed by atoms with Gasteiger partial charge in [-0.2, -0.15) is 0 Å². The van der Waals surface area contributed by atoms with Crippen LogP contribution >= 0.6 is 0 Å². The van der Waals surface area contributed by atoms with Crippen molar-refractivity contribution in [2.75, 3.05) is 9.80 Å². The van der Waals surface area contributed by atoms with Gasteiger partial charge in [0.2, 0.25) is 0 Å². The predicted molar refractivity (Wildman–Crippen MR) is 327 cm³/mol. The van der Waals surface area contributed by atoms with Crippen molar-refractivity contribution in [2.45, 2.75) is 0 Å². The smallest absolute Gasteiger partial charge is 0.178 e. The lowest BCUT2D eigenvalue weighted by molar-refractivity contribution is 0.634. The third kappa shape index (κ3) is 8.03. The highest BCUT2D eigenvalue weighted by Crippen LogP contribution is 2.45. The van der Waals surface area contributed by atoms with E-state index >= 15 is 0 Å². The zero-order valence-corrected chi connectivity index (χ0v) is 42.4. The van der Waals surface area contributed by atoms with Crippen molar-refractivity contribution in [1.29, 1.82) is 0 Å². The predicted octanol–water partition coefficient (Wildman–Crippen LogP) is 21.4. The summed E-state index contributed by atoms with van der Waals surface area (Å²) in [5.74, 6) is 0. The second kappa shape index (κ2) is 18.7. The lowest BCUT2D eigenvalue weighted by Crippen LogP contribution is -2.10. The summed E-state index contributed by atoms with van der Waals surface area (Å²) in [6, 6.07) is 104. The van der Waals surface area contributed by atoms with Gasteiger partial charge in [-0.05, 0) is 175 Å². The highest BCUT2D eigenvalue weighted by atomic mass is 16.4. The third-order valence-corrected chi connectivity index (χ3v) is 15.4. The fourth-order valence-electron chi connectivity index (χ4n) is 11.5. The van der Waals surface area contributed by atoms with E-state index in [1.165, 1.54) is 33.4 Å². The number of rotatable bonds is 10. The first-order valence-electron chi connectivity index (χ1n) is 26.5. The minimum absolute atomic E-state index is 0.750. The van der Waals surface area contributed by atoms with E-state index in [9.17, 15) is 0 Å². The van der Waals surface area contributed by atoms with Gasteiger partial charge in [0.15, 0.2) is 11.2 Å². The van der Waals surface area contributed by atoms with Gasteiger partial charge in [0.1, 0.15) is 11.2 Å². The molecule has 0 aliphatic heterocycles. The monoisotopic (exact) mass is 996 g/mol. The second-order valence-corrected chi connectivity index (χ2v) is 20.1. The first kappa shape index (κ1) is 45.0. The molecule has 78 heavy (non-hydrogen) atoms. The van der Waals surface area contributed by atoms with Gasteiger partial charge in [-0.1, -0.05) is 182 Å². The molecule has 4 heteroatoms. The summed E-state index contributed by atoms with van der Waals surface area (Å²) < 4.78 is 13.8. The van der Waals surface area contributed by atoms with Gasteiger partial charge in [0, 0.05) is 55.7 Å². The van der Waals surface area contributed by atoms with Crippen molar-refractivity contribution >= 4 is 99.5 Å². The minimum Gasteiger partial charge on any atom is -0.452 e. The Morgan fingerprint density at radius 1 is 0.192 bits per heavy atom.